The molecule has 9 nitrogen and oxygen atoms in total. The molecule has 0 radical (unpaired) electrons. The summed E-state index contributed by atoms with van der Waals surface area (Å²) in [6.45, 7) is 4.07. The number of amides is 3. The highest BCUT2D eigenvalue weighted by Gasteiger charge is 2.32. The summed E-state index contributed by atoms with van der Waals surface area (Å²) in [5.74, 6) is 0.602. The van der Waals surface area contributed by atoms with Gasteiger partial charge in [-0.15, -0.1) is 11.8 Å². The fourth-order valence-corrected chi connectivity index (χ4v) is 6.84. The third-order valence-electron chi connectivity index (χ3n) is 8.59. The largest absolute Gasteiger partial charge is 0.392 e. The predicted octanol–water partition coefficient (Wildman–Crippen LogP) is 7.45. The molecule has 0 unspecified atom stereocenters. The summed E-state index contributed by atoms with van der Waals surface area (Å²) in [4.78, 5) is 35.9. The van der Waals surface area contributed by atoms with Crippen molar-refractivity contribution in [1.82, 2.24) is 10.6 Å². The van der Waals surface area contributed by atoms with Gasteiger partial charge in [-0.05, 0) is 77.1 Å². The number of unbranched alkanes of at least 4 members (excludes halogenated alkanes) is 2. The Hall–Kier alpha value is -4.48. The summed E-state index contributed by atoms with van der Waals surface area (Å²) in [6, 6.07) is 32.0. The van der Waals surface area contributed by atoms with Crippen molar-refractivity contribution in [3.63, 3.8) is 0 Å². The van der Waals surface area contributed by atoms with Gasteiger partial charge in [0.1, 0.15) is 0 Å². The first kappa shape index (κ1) is 37.8. The molecule has 3 amide bonds. The van der Waals surface area contributed by atoms with Gasteiger partial charge >= 0.3 is 0 Å². The molecule has 51 heavy (non-hydrogen) atoms. The second-order valence-corrected chi connectivity index (χ2v) is 13.9. The lowest BCUT2D eigenvalue weighted by atomic mass is 9.99. The Balaban J connectivity index is 1.24. The first-order chi connectivity index (χ1) is 24.7. The predicted molar refractivity (Wildman–Crippen MR) is 201 cm³/mol. The third kappa shape index (κ3) is 12.1. The van der Waals surface area contributed by atoms with Crippen molar-refractivity contribution in [2.24, 2.45) is 0 Å². The number of rotatable bonds is 16. The van der Waals surface area contributed by atoms with Crippen LogP contribution in [-0.4, -0.2) is 41.2 Å². The summed E-state index contributed by atoms with van der Waals surface area (Å²) in [7, 11) is 0. The van der Waals surface area contributed by atoms with Gasteiger partial charge in [0.25, 0.3) is 0 Å². The lowest BCUT2D eigenvalue weighted by Gasteiger charge is -2.36. The van der Waals surface area contributed by atoms with Crippen LogP contribution in [0.5, 0.6) is 0 Å². The summed E-state index contributed by atoms with van der Waals surface area (Å²) in [5, 5.41) is 18.2. The fraction of sp³-hybridized carbons (Fsp3) is 0.341. The van der Waals surface area contributed by atoms with E-state index >= 15 is 0 Å². The summed E-state index contributed by atoms with van der Waals surface area (Å²) >= 11 is 1.70. The zero-order valence-corrected chi connectivity index (χ0v) is 30.0. The van der Waals surface area contributed by atoms with Crippen molar-refractivity contribution < 1.29 is 29.0 Å². The van der Waals surface area contributed by atoms with Crippen LogP contribution >= 0.6 is 11.8 Å². The van der Waals surface area contributed by atoms with Crippen LogP contribution in [0.3, 0.4) is 0 Å². The van der Waals surface area contributed by atoms with Crippen molar-refractivity contribution >= 4 is 35.2 Å². The van der Waals surface area contributed by atoms with Crippen LogP contribution in [0.4, 0.5) is 5.69 Å². The van der Waals surface area contributed by atoms with Gasteiger partial charge in [0.2, 0.25) is 17.7 Å². The highest BCUT2D eigenvalue weighted by atomic mass is 32.2. The number of anilines is 1. The Labute approximate surface area is 304 Å². The van der Waals surface area contributed by atoms with Crippen LogP contribution in [0.1, 0.15) is 80.6 Å². The lowest BCUT2D eigenvalue weighted by molar-refractivity contribution is -0.245. The molecule has 10 heteroatoms. The molecule has 1 saturated heterocycles. The maximum absolute atomic E-state index is 12.5. The second-order valence-electron chi connectivity index (χ2n) is 12.8. The highest BCUT2D eigenvalue weighted by Crippen LogP contribution is 2.40. The first-order valence-electron chi connectivity index (χ1n) is 17.5. The average molecular weight is 710 g/mol. The number of nitrogens with one attached hydrogen (secondary N) is 3. The van der Waals surface area contributed by atoms with E-state index in [1.165, 1.54) is 13.8 Å². The molecule has 3 atom stereocenters. The molecule has 5 rings (SSSR count). The SMILES string of the molecule is CC(=O)NCCCCCC(=O)NCc1cccc(-c2cccc([C@H]3O[C@@H](CSc4ccc(NC(C)=O)cc4)C[C@@H](c4ccc(CO)cc4)O3)c2)c1. The summed E-state index contributed by atoms with van der Waals surface area (Å²) in [5.41, 5.74) is 6.62. The van der Waals surface area contributed by atoms with E-state index in [4.69, 9.17) is 9.47 Å². The fourth-order valence-electron chi connectivity index (χ4n) is 5.92. The number of thioether (sulfide) groups is 1. The minimum Gasteiger partial charge on any atom is -0.392 e. The molecule has 1 aliphatic heterocycles. The number of aliphatic hydroxyl groups excluding tert-OH is 1. The van der Waals surface area contributed by atoms with E-state index in [1.807, 2.05) is 72.8 Å². The monoisotopic (exact) mass is 709 g/mol. The molecular weight excluding hydrogens is 663 g/mol. The minimum atomic E-state index is -0.588. The molecule has 268 valence electrons. The zero-order valence-electron chi connectivity index (χ0n) is 29.2. The molecule has 4 N–H and O–H groups in total. The molecule has 0 saturated carbocycles. The first-order valence-corrected chi connectivity index (χ1v) is 18.5. The molecule has 4 aromatic carbocycles. The molecule has 1 heterocycles. The standard InChI is InChI=1S/C41H47N3O6S/c1-28(46)42-21-5-3-4-12-40(48)43-25-31-8-6-9-33(22-31)34-10-7-11-35(23-34)41-49-37(24-39(50-41)32-15-13-30(26-45)14-16-32)27-51-38-19-17-36(18-20-38)44-29(2)47/h6-11,13-20,22-23,37,39,41,45H,3-5,12,21,24-27H2,1-2H3,(H,42,46)(H,43,48)(H,44,47)/t37-,39+,41+/m1/s1. The Kier molecular flexibility index (Phi) is 14.2. The molecular formula is C41H47N3O6S. The van der Waals surface area contributed by atoms with Crippen LogP contribution in [0.25, 0.3) is 11.1 Å². The Morgan fingerprint density at radius 3 is 2.24 bits per heavy atom. The zero-order chi connectivity index (χ0) is 36.0. The molecule has 0 aliphatic carbocycles. The summed E-state index contributed by atoms with van der Waals surface area (Å²) in [6.07, 6.45) is 2.78. The van der Waals surface area contributed by atoms with E-state index < -0.39 is 6.29 Å². The molecule has 4 aromatic rings. The van der Waals surface area contributed by atoms with Crippen LogP contribution in [0.15, 0.2) is 102 Å². The van der Waals surface area contributed by atoms with E-state index in [0.29, 0.717) is 25.9 Å². The smallest absolute Gasteiger partial charge is 0.221 e. The van der Waals surface area contributed by atoms with Gasteiger partial charge < -0.3 is 30.5 Å². The van der Waals surface area contributed by atoms with Gasteiger partial charge in [0.15, 0.2) is 6.29 Å². The van der Waals surface area contributed by atoms with Crippen molar-refractivity contribution in [3.8, 4) is 11.1 Å². The number of ether oxygens (including phenoxy) is 2. The van der Waals surface area contributed by atoms with Gasteiger partial charge in [-0.1, -0.05) is 67.1 Å². The molecule has 1 aliphatic rings. The molecule has 0 bridgehead atoms. The lowest BCUT2D eigenvalue weighted by Crippen LogP contribution is -2.31. The number of aliphatic hydroxyl groups is 1. The minimum absolute atomic E-state index is 0.0139. The van der Waals surface area contributed by atoms with Gasteiger partial charge in [-0.3, -0.25) is 14.4 Å². The van der Waals surface area contributed by atoms with Gasteiger partial charge in [-0.25, -0.2) is 0 Å². The van der Waals surface area contributed by atoms with Crippen LogP contribution in [0, 0.1) is 0 Å². The van der Waals surface area contributed by atoms with E-state index in [0.717, 1.165) is 69.0 Å². The second kappa shape index (κ2) is 19.2. The van der Waals surface area contributed by atoms with E-state index in [9.17, 15) is 19.5 Å². The van der Waals surface area contributed by atoms with E-state index in [-0.39, 0.29) is 36.5 Å². The Morgan fingerprint density at radius 2 is 1.51 bits per heavy atom. The average Bonchev–Trinajstić information content (AvgIpc) is 3.15. The van der Waals surface area contributed by atoms with Crippen LogP contribution in [-0.2, 0) is 37.0 Å². The maximum atomic E-state index is 12.5. The summed E-state index contributed by atoms with van der Waals surface area (Å²) < 4.78 is 13.2. The van der Waals surface area contributed by atoms with Gasteiger partial charge in [0, 0.05) is 61.7 Å². The van der Waals surface area contributed by atoms with Crippen molar-refractivity contribution in [3.05, 3.63) is 119 Å². The van der Waals surface area contributed by atoms with Gasteiger partial charge in [-0.2, -0.15) is 0 Å². The number of benzene rings is 4. The number of carbonyl (C=O) groups excluding carboxylic acids is 3. The molecule has 0 spiro atoms. The number of hydrogen-bond donors (Lipinski definition) is 4. The third-order valence-corrected chi connectivity index (χ3v) is 9.73. The van der Waals surface area contributed by atoms with Crippen LogP contribution < -0.4 is 16.0 Å². The number of hydrogen-bond acceptors (Lipinski definition) is 7. The van der Waals surface area contributed by atoms with Crippen molar-refractivity contribution in [1.29, 1.82) is 0 Å². The van der Waals surface area contributed by atoms with Crippen molar-refractivity contribution in [2.45, 2.75) is 82.5 Å². The van der Waals surface area contributed by atoms with Crippen LogP contribution in [0.2, 0.25) is 0 Å². The Morgan fingerprint density at radius 1 is 0.765 bits per heavy atom. The maximum Gasteiger partial charge on any atom is 0.221 e. The van der Waals surface area contributed by atoms with Crippen molar-refractivity contribution in [2.75, 3.05) is 17.6 Å². The van der Waals surface area contributed by atoms with E-state index in [1.54, 1.807) is 11.8 Å². The topological polar surface area (TPSA) is 126 Å². The Bertz CT molecular complexity index is 1750. The molecule has 0 aromatic heterocycles. The molecule has 1 fully saturated rings. The number of carbonyl (C=O) groups is 3. The van der Waals surface area contributed by atoms with E-state index in [2.05, 4.69) is 40.2 Å². The highest BCUT2D eigenvalue weighted by molar-refractivity contribution is 7.99. The normalized spacial score (nSPS) is 17.0. The quantitative estimate of drug-likeness (QED) is 0.0703. The van der Waals surface area contributed by atoms with Gasteiger partial charge in [0.05, 0.1) is 18.8 Å².